The normalized spacial score (nSPS) is 24.9. The molecule has 1 aliphatic rings. The fraction of sp³-hybridized carbons (Fsp3) is 0.235. The minimum atomic E-state index is -0.564. The molecule has 1 aliphatic heterocycles. The van der Waals surface area contributed by atoms with Gasteiger partial charge in [-0.25, -0.2) is 0 Å². The van der Waals surface area contributed by atoms with E-state index in [0.717, 1.165) is 22.0 Å². The van der Waals surface area contributed by atoms with Gasteiger partial charge in [0.2, 0.25) is 0 Å². The third-order valence-electron chi connectivity index (χ3n) is 4.07. The number of carbonyl (C=O) groups excluding carboxylic acids is 1. The summed E-state index contributed by atoms with van der Waals surface area (Å²) in [6.45, 7) is 2.04. The van der Waals surface area contributed by atoms with E-state index >= 15 is 0 Å². The molecule has 0 unspecified atom stereocenters. The lowest BCUT2D eigenvalue weighted by Gasteiger charge is -2.47. The highest BCUT2D eigenvalue weighted by atomic mass is 79.9. The van der Waals surface area contributed by atoms with Gasteiger partial charge in [-0.1, -0.05) is 71.4 Å². The molecule has 102 valence electrons. The molecule has 2 aromatic rings. The molecule has 0 aliphatic carbocycles. The van der Waals surface area contributed by atoms with E-state index in [1.807, 2.05) is 61.5 Å². The molecule has 3 rings (SSSR count). The number of rotatable bonds is 3. The zero-order chi connectivity index (χ0) is 14.2. The van der Waals surface area contributed by atoms with E-state index in [2.05, 4.69) is 15.9 Å². The van der Waals surface area contributed by atoms with E-state index in [4.69, 9.17) is 4.74 Å². The van der Waals surface area contributed by atoms with Crippen LogP contribution in [0.1, 0.15) is 30.6 Å². The minimum absolute atomic E-state index is 0.132. The maximum absolute atomic E-state index is 12.2. The molecular formula is C17H15BrO2. The molecule has 1 fully saturated rings. The van der Waals surface area contributed by atoms with Gasteiger partial charge in [0.25, 0.3) is 0 Å². The van der Waals surface area contributed by atoms with Gasteiger partial charge >= 0.3 is 5.97 Å². The predicted octanol–water partition coefficient (Wildman–Crippen LogP) is 4.40. The fourth-order valence-corrected chi connectivity index (χ4v) is 3.41. The van der Waals surface area contributed by atoms with Crippen molar-refractivity contribution in [3.8, 4) is 0 Å². The second-order valence-corrected chi connectivity index (χ2v) is 5.85. The third kappa shape index (κ3) is 1.80. The van der Waals surface area contributed by atoms with Crippen LogP contribution in [0.3, 0.4) is 0 Å². The van der Waals surface area contributed by atoms with Gasteiger partial charge in [0.1, 0.15) is 11.5 Å². The molecule has 0 spiro atoms. The van der Waals surface area contributed by atoms with Gasteiger partial charge in [-0.3, -0.25) is 4.79 Å². The van der Waals surface area contributed by atoms with Gasteiger partial charge in [0, 0.05) is 10.0 Å². The van der Waals surface area contributed by atoms with E-state index in [1.165, 1.54) is 0 Å². The van der Waals surface area contributed by atoms with E-state index in [1.54, 1.807) is 0 Å². The molecule has 1 heterocycles. The number of carbonyl (C=O) groups is 1. The summed E-state index contributed by atoms with van der Waals surface area (Å²) in [5, 5.41) is 0. The van der Waals surface area contributed by atoms with Crippen LogP contribution in [-0.4, -0.2) is 5.97 Å². The molecule has 3 heteroatoms. The number of hydrogen-bond donors (Lipinski definition) is 0. The summed E-state index contributed by atoms with van der Waals surface area (Å²) in [4.78, 5) is 12.2. The first-order valence-corrected chi connectivity index (χ1v) is 7.50. The third-order valence-corrected chi connectivity index (χ3v) is 4.79. The lowest BCUT2D eigenvalue weighted by molar-refractivity contribution is -0.193. The molecule has 0 radical (unpaired) electrons. The fourth-order valence-electron chi connectivity index (χ4n) is 2.92. The molecule has 2 nitrogen and oxygen atoms in total. The van der Waals surface area contributed by atoms with Crippen molar-refractivity contribution >= 4 is 21.9 Å². The number of ether oxygens (including phenoxy) is 1. The molecule has 0 N–H and O–H groups in total. The molecule has 0 saturated carbocycles. The summed E-state index contributed by atoms with van der Waals surface area (Å²) in [5.41, 5.74) is 1.49. The quantitative estimate of drug-likeness (QED) is 0.780. The van der Waals surface area contributed by atoms with Gasteiger partial charge < -0.3 is 4.74 Å². The Kier molecular flexibility index (Phi) is 3.38. The Labute approximate surface area is 126 Å². The Balaban J connectivity index is 2.10. The molecule has 0 amide bonds. The number of hydrogen-bond acceptors (Lipinski definition) is 2. The molecule has 20 heavy (non-hydrogen) atoms. The minimum Gasteiger partial charge on any atom is -0.455 e. The zero-order valence-corrected chi connectivity index (χ0v) is 12.8. The largest absolute Gasteiger partial charge is 0.455 e. The van der Waals surface area contributed by atoms with E-state index in [-0.39, 0.29) is 12.1 Å². The van der Waals surface area contributed by atoms with Gasteiger partial charge in [-0.05, 0) is 18.1 Å². The standard InChI is InChI=1S/C17H15BrO2/c1-2-17(12-8-4-3-5-9-12)15(20-16(17)19)13-10-6-7-11-14(13)18/h3-11,15H,2H2,1H3/t15-,17-/m0/s1. The molecule has 1 saturated heterocycles. The zero-order valence-electron chi connectivity index (χ0n) is 11.2. The van der Waals surface area contributed by atoms with Crippen molar-refractivity contribution in [3.63, 3.8) is 0 Å². The van der Waals surface area contributed by atoms with Crippen molar-refractivity contribution in [3.05, 3.63) is 70.2 Å². The second kappa shape index (κ2) is 5.06. The van der Waals surface area contributed by atoms with Crippen LogP contribution < -0.4 is 0 Å². The van der Waals surface area contributed by atoms with Crippen molar-refractivity contribution in [1.82, 2.24) is 0 Å². The number of benzene rings is 2. The second-order valence-electron chi connectivity index (χ2n) is 5.00. The molecular weight excluding hydrogens is 316 g/mol. The monoisotopic (exact) mass is 330 g/mol. The van der Waals surface area contributed by atoms with E-state index < -0.39 is 5.41 Å². The van der Waals surface area contributed by atoms with Crippen LogP contribution in [0.5, 0.6) is 0 Å². The highest BCUT2D eigenvalue weighted by Crippen LogP contribution is 2.52. The van der Waals surface area contributed by atoms with Crippen LogP contribution >= 0.6 is 15.9 Å². The van der Waals surface area contributed by atoms with Gasteiger partial charge in [0.05, 0.1) is 0 Å². The smallest absolute Gasteiger partial charge is 0.321 e. The molecule has 0 aromatic heterocycles. The van der Waals surface area contributed by atoms with Crippen molar-refractivity contribution in [1.29, 1.82) is 0 Å². The van der Waals surface area contributed by atoms with Gasteiger partial charge in [0.15, 0.2) is 0 Å². The first-order valence-electron chi connectivity index (χ1n) is 6.71. The van der Waals surface area contributed by atoms with Crippen molar-refractivity contribution in [2.24, 2.45) is 0 Å². The van der Waals surface area contributed by atoms with E-state index in [0.29, 0.717) is 0 Å². The van der Waals surface area contributed by atoms with Crippen LogP contribution in [0.4, 0.5) is 0 Å². The van der Waals surface area contributed by atoms with Crippen molar-refractivity contribution in [2.45, 2.75) is 24.9 Å². The average Bonchev–Trinajstić information content (AvgIpc) is 2.48. The molecule has 0 bridgehead atoms. The van der Waals surface area contributed by atoms with E-state index in [9.17, 15) is 4.79 Å². The van der Waals surface area contributed by atoms with Gasteiger partial charge in [-0.2, -0.15) is 0 Å². The highest BCUT2D eigenvalue weighted by molar-refractivity contribution is 9.10. The first kappa shape index (κ1) is 13.4. The SMILES string of the molecule is CC[C@@]1(c2ccccc2)C(=O)O[C@H]1c1ccccc1Br. The maximum atomic E-state index is 12.2. The number of cyclic esters (lactones) is 1. The summed E-state index contributed by atoms with van der Waals surface area (Å²) in [6, 6.07) is 17.8. The maximum Gasteiger partial charge on any atom is 0.321 e. The van der Waals surface area contributed by atoms with Crippen LogP contribution in [0.15, 0.2) is 59.1 Å². The molecule has 2 atom stereocenters. The summed E-state index contributed by atoms with van der Waals surface area (Å²) < 4.78 is 6.48. The predicted molar refractivity (Wildman–Crippen MR) is 81.4 cm³/mol. The number of halogens is 1. The first-order chi connectivity index (χ1) is 9.70. The summed E-state index contributed by atoms with van der Waals surface area (Å²) in [5.74, 6) is -0.132. The number of esters is 1. The topological polar surface area (TPSA) is 26.3 Å². The summed E-state index contributed by atoms with van der Waals surface area (Å²) in [7, 11) is 0. The molecule has 2 aromatic carbocycles. The average molecular weight is 331 g/mol. The Bertz CT molecular complexity index is 638. The highest BCUT2D eigenvalue weighted by Gasteiger charge is 2.58. The van der Waals surface area contributed by atoms with Crippen LogP contribution in [0, 0.1) is 0 Å². The Hall–Kier alpha value is -1.61. The lowest BCUT2D eigenvalue weighted by Crippen LogP contribution is -2.54. The van der Waals surface area contributed by atoms with Crippen LogP contribution in [0.2, 0.25) is 0 Å². The van der Waals surface area contributed by atoms with Crippen molar-refractivity contribution in [2.75, 3.05) is 0 Å². The van der Waals surface area contributed by atoms with Gasteiger partial charge in [-0.15, -0.1) is 0 Å². The Morgan fingerprint density at radius 1 is 1.10 bits per heavy atom. The lowest BCUT2D eigenvalue weighted by atomic mass is 9.67. The Morgan fingerprint density at radius 3 is 2.35 bits per heavy atom. The van der Waals surface area contributed by atoms with Crippen LogP contribution in [-0.2, 0) is 14.9 Å². The van der Waals surface area contributed by atoms with Crippen LogP contribution in [0.25, 0.3) is 0 Å². The summed E-state index contributed by atoms with van der Waals surface area (Å²) >= 11 is 3.55. The summed E-state index contributed by atoms with van der Waals surface area (Å²) in [6.07, 6.45) is 0.500. The van der Waals surface area contributed by atoms with Crippen molar-refractivity contribution < 1.29 is 9.53 Å². The Morgan fingerprint density at radius 2 is 1.75 bits per heavy atom.